The molecule has 1 fully saturated rings. The van der Waals surface area contributed by atoms with Crippen LogP contribution in [-0.4, -0.2) is 35.7 Å². The van der Waals surface area contributed by atoms with Crippen LogP contribution in [-0.2, 0) is 11.2 Å². The Bertz CT molecular complexity index is 574. The summed E-state index contributed by atoms with van der Waals surface area (Å²) in [6, 6.07) is 4.57. The van der Waals surface area contributed by atoms with Crippen molar-refractivity contribution in [2.24, 2.45) is 11.7 Å². The van der Waals surface area contributed by atoms with Crippen molar-refractivity contribution < 1.29 is 13.9 Å². The Morgan fingerprint density at radius 1 is 1.52 bits per heavy atom. The molecule has 0 aliphatic carbocycles. The van der Waals surface area contributed by atoms with E-state index in [-0.39, 0.29) is 23.1 Å². The van der Waals surface area contributed by atoms with Crippen LogP contribution in [0.25, 0.3) is 0 Å². The van der Waals surface area contributed by atoms with Gasteiger partial charge in [0.2, 0.25) is 0 Å². The van der Waals surface area contributed by atoms with Gasteiger partial charge in [0.15, 0.2) is 0 Å². The van der Waals surface area contributed by atoms with Crippen molar-refractivity contribution in [3.8, 4) is 0 Å². The molecular weight excluding hydrogens is 319 g/mol. The number of ether oxygens (including phenoxy) is 1. The molecule has 4 nitrogen and oxygen atoms in total. The quantitative estimate of drug-likeness (QED) is 0.913. The van der Waals surface area contributed by atoms with E-state index in [1.165, 1.54) is 6.07 Å². The van der Waals surface area contributed by atoms with Gasteiger partial charge in [0, 0.05) is 19.1 Å². The second-order valence-corrected chi connectivity index (χ2v) is 7.43. The zero-order valence-corrected chi connectivity index (χ0v) is 14.6. The molecule has 2 atom stereocenters. The molecule has 0 aromatic heterocycles. The lowest BCUT2D eigenvalue weighted by atomic mass is 9.93. The molecule has 2 rings (SSSR count). The molecule has 0 spiro atoms. The number of hydrogen-bond donors (Lipinski definition) is 1. The molecular formula is C17H24ClFN2O2. The van der Waals surface area contributed by atoms with E-state index in [0.29, 0.717) is 25.1 Å². The summed E-state index contributed by atoms with van der Waals surface area (Å²) in [6.45, 7) is 6.72. The fourth-order valence-corrected chi connectivity index (χ4v) is 2.96. The Morgan fingerprint density at radius 3 is 2.87 bits per heavy atom. The lowest BCUT2D eigenvalue weighted by Gasteiger charge is -2.25. The molecule has 0 saturated carbocycles. The van der Waals surface area contributed by atoms with Crippen LogP contribution in [0.3, 0.4) is 0 Å². The van der Waals surface area contributed by atoms with Crippen LogP contribution in [0.15, 0.2) is 18.2 Å². The lowest BCUT2D eigenvalue weighted by molar-refractivity contribution is 0.0286. The second kappa shape index (κ2) is 7.05. The minimum atomic E-state index is -0.508. The third-order valence-corrected chi connectivity index (χ3v) is 4.39. The molecule has 1 heterocycles. The Balaban J connectivity index is 1.93. The molecule has 0 radical (unpaired) electrons. The van der Waals surface area contributed by atoms with Crippen molar-refractivity contribution in [2.75, 3.05) is 13.1 Å². The summed E-state index contributed by atoms with van der Waals surface area (Å²) in [4.78, 5) is 13.8. The number of halogens is 2. The highest BCUT2D eigenvalue weighted by molar-refractivity contribution is 6.31. The molecule has 1 aliphatic heterocycles. The Labute approximate surface area is 141 Å². The third-order valence-electron chi connectivity index (χ3n) is 3.97. The molecule has 1 saturated heterocycles. The monoisotopic (exact) mass is 342 g/mol. The summed E-state index contributed by atoms with van der Waals surface area (Å²) in [5, 5.41) is 0.130. The van der Waals surface area contributed by atoms with Crippen LogP contribution in [0.2, 0.25) is 5.02 Å². The smallest absolute Gasteiger partial charge is 0.410 e. The van der Waals surface area contributed by atoms with Gasteiger partial charge in [0.05, 0.1) is 5.02 Å². The van der Waals surface area contributed by atoms with E-state index in [2.05, 4.69) is 0 Å². The van der Waals surface area contributed by atoms with E-state index < -0.39 is 11.4 Å². The molecule has 2 unspecified atom stereocenters. The van der Waals surface area contributed by atoms with Crippen LogP contribution in [0.4, 0.5) is 9.18 Å². The molecule has 128 valence electrons. The first-order valence-corrected chi connectivity index (χ1v) is 8.21. The van der Waals surface area contributed by atoms with Crippen molar-refractivity contribution in [2.45, 2.75) is 45.3 Å². The summed E-state index contributed by atoms with van der Waals surface area (Å²) >= 11 is 5.98. The molecule has 1 amide bonds. The lowest BCUT2D eigenvalue weighted by Crippen LogP contribution is -2.38. The number of benzene rings is 1. The van der Waals surface area contributed by atoms with Gasteiger partial charge in [-0.05, 0) is 51.2 Å². The van der Waals surface area contributed by atoms with Crippen molar-refractivity contribution in [1.29, 1.82) is 0 Å². The van der Waals surface area contributed by atoms with E-state index >= 15 is 0 Å². The van der Waals surface area contributed by atoms with E-state index in [1.54, 1.807) is 17.0 Å². The maximum absolute atomic E-state index is 13.5. The normalized spacial score (nSPS) is 19.7. The van der Waals surface area contributed by atoms with Gasteiger partial charge in [-0.3, -0.25) is 0 Å². The first kappa shape index (κ1) is 18.0. The topological polar surface area (TPSA) is 55.6 Å². The number of amides is 1. The fraction of sp³-hybridized carbons (Fsp3) is 0.588. The number of carbonyl (C=O) groups is 1. The van der Waals surface area contributed by atoms with Gasteiger partial charge in [-0.25, -0.2) is 9.18 Å². The molecule has 2 N–H and O–H groups in total. The predicted molar refractivity (Wildman–Crippen MR) is 89.0 cm³/mol. The van der Waals surface area contributed by atoms with Crippen molar-refractivity contribution >= 4 is 17.7 Å². The highest BCUT2D eigenvalue weighted by Crippen LogP contribution is 2.26. The molecule has 6 heteroatoms. The zero-order chi connectivity index (χ0) is 17.2. The maximum Gasteiger partial charge on any atom is 0.410 e. The molecule has 0 bridgehead atoms. The van der Waals surface area contributed by atoms with Crippen molar-refractivity contribution in [1.82, 2.24) is 4.90 Å². The van der Waals surface area contributed by atoms with Crippen molar-refractivity contribution in [3.05, 3.63) is 34.6 Å². The average molecular weight is 343 g/mol. The Hall–Kier alpha value is -1.33. The first-order valence-electron chi connectivity index (χ1n) is 7.84. The largest absolute Gasteiger partial charge is 0.444 e. The highest BCUT2D eigenvalue weighted by Gasteiger charge is 2.32. The van der Waals surface area contributed by atoms with Gasteiger partial charge < -0.3 is 15.4 Å². The number of rotatable bonds is 3. The van der Waals surface area contributed by atoms with Crippen LogP contribution < -0.4 is 5.73 Å². The van der Waals surface area contributed by atoms with E-state index in [9.17, 15) is 9.18 Å². The number of nitrogens with two attached hydrogens (primary N) is 1. The minimum Gasteiger partial charge on any atom is -0.444 e. The predicted octanol–water partition coefficient (Wildman–Crippen LogP) is 3.61. The van der Waals surface area contributed by atoms with Gasteiger partial charge in [-0.1, -0.05) is 23.7 Å². The minimum absolute atomic E-state index is 0.130. The van der Waals surface area contributed by atoms with Crippen LogP contribution >= 0.6 is 11.6 Å². The van der Waals surface area contributed by atoms with Gasteiger partial charge >= 0.3 is 6.09 Å². The van der Waals surface area contributed by atoms with Crippen LogP contribution in [0.5, 0.6) is 0 Å². The number of likely N-dealkylation sites (tertiary alicyclic amines) is 1. The average Bonchev–Trinajstić information content (AvgIpc) is 2.92. The van der Waals surface area contributed by atoms with E-state index in [1.807, 2.05) is 20.8 Å². The first-order chi connectivity index (χ1) is 10.7. The van der Waals surface area contributed by atoms with Crippen molar-refractivity contribution in [3.63, 3.8) is 0 Å². The summed E-state index contributed by atoms with van der Waals surface area (Å²) in [5.41, 5.74) is 6.46. The van der Waals surface area contributed by atoms with Crippen LogP contribution in [0.1, 0.15) is 32.8 Å². The SMILES string of the molecule is CC(C)(C)OC(=O)N1CCC(C(N)Cc2cccc(F)c2Cl)C1. The number of nitrogens with zero attached hydrogens (tertiary/aromatic N) is 1. The van der Waals surface area contributed by atoms with Crippen LogP contribution in [0, 0.1) is 11.7 Å². The van der Waals surface area contributed by atoms with Gasteiger partial charge in [0.25, 0.3) is 0 Å². The molecule has 1 aromatic rings. The maximum atomic E-state index is 13.5. The van der Waals surface area contributed by atoms with E-state index in [4.69, 9.17) is 22.1 Å². The molecule has 1 aromatic carbocycles. The molecule has 23 heavy (non-hydrogen) atoms. The summed E-state index contributed by atoms with van der Waals surface area (Å²) in [6.07, 6.45) is 0.993. The number of carbonyl (C=O) groups excluding carboxylic acids is 1. The Morgan fingerprint density at radius 2 is 2.22 bits per heavy atom. The second-order valence-electron chi connectivity index (χ2n) is 7.06. The number of hydrogen-bond acceptors (Lipinski definition) is 3. The Kier molecular flexibility index (Phi) is 5.53. The molecule has 1 aliphatic rings. The highest BCUT2D eigenvalue weighted by atomic mass is 35.5. The zero-order valence-electron chi connectivity index (χ0n) is 13.8. The standard InChI is InChI=1S/C17H24ClFN2O2/c1-17(2,3)23-16(22)21-8-7-12(10-21)14(20)9-11-5-4-6-13(19)15(11)18/h4-6,12,14H,7-10,20H2,1-3H3. The third kappa shape index (κ3) is 4.82. The van der Waals surface area contributed by atoms with Gasteiger partial charge in [-0.15, -0.1) is 0 Å². The van der Waals surface area contributed by atoms with E-state index in [0.717, 1.165) is 6.42 Å². The van der Waals surface area contributed by atoms with Gasteiger partial charge in [0.1, 0.15) is 11.4 Å². The summed E-state index contributed by atoms with van der Waals surface area (Å²) < 4.78 is 18.9. The summed E-state index contributed by atoms with van der Waals surface area (Å²) in [7, 11) is 0. The van der Waals surface area contributed by atoms with Gasteiger partial charge in [-0.2, -0.15) is 0 Å². The summed E-state index contributed by atoms with van der Waals surface area (Å²) in [5.74, 6) is -0.278. The fourth-order valence-electron chi connectivity index (χ4n) is 2.76.